The second-order valence-corrected chi connectivity index (χ2v) is 4.83. The van der Waals surface area contributed by atoms with Gasteiger partial charge in [0.05, 0.1) is 4.47 Å². The van der Waals surface area contributed by atoms with Crippen molar-refractivity contribution in [2.24, 2.45) is 5.73 Å². The Hall–Kier alpha value is -0.480. The Kier molecular flexibility index (Phi) is 2.83. The van der Waals surface area contributed by atoms with Crippen LogP contribution >= 0.6 is 15.9 Å². The van der Waals surface area contributed by atoms with Gasteiger partial charge in [0.15, 0.2) is 0 Å². The largest absolute Gasteiger partial charge is 0.329 e. The molecule has 0 spiro atoms. The fourth-order valence-corrected chi connectivity index (χ4v) is 2.36. The van der Waals surface area contributed by atoms with Crippen molar-refractivity contribution in [1.82, 2.24) is 9.97 Å². The van der Waals surface area contributed by atoms with Gasteiger partial charge in [0.2, 0.25) is 0 Å². The zero-order chi connectivity index (χ0) is 10.0. The topological polar surface area (TPSA) is 51.8 Å². The maximum atomic E-state index is 5.85. The first-order chi connectivity index (χ1) is 6.77. The van der Waals surface area contributed by atoms with E-state index in [4.69, 9.17) is 5.73 Å². The molecule has 1 aromatic rings. The van der Waals surface area contributed by atoms with Crippen LogP contribution in [0, 0.1) is 0 Å². The molecule has 0 bridgehead atoms. The van der Waals surface area contributed by atoms with Gasteiger partial charge in [-0.2, -0.15) is 0 Å². The van der Waals surface area contributed by atoms with Gasteiger partial charge in [-0.1, -0.05) is 12.8 Å². The van der Waals surface area contributed by atoms with E-state index < -0.39 is 0 Å². The van der Waals surface area contributed by atoms with Crippen LogP contribution in [-0.2, 0) is 5.41 Å². The summed E-state index contributed by atoms with van der Waals surface area (Å²) in [5.41, 5.74) is 5.90. The van der Waals surface area contributed by atoms with Gasteiger partial charge >= 0.3 is 0 Å². The lowest BCUT2D eigenvalue weighted by Crippen LogP contribution is -2.33. The Bertz CT molecular complexity index is 304. The van der Waals surface area contributed by atoms with Crippen molar-refractivity contribution in [3.8, 4) is 0 Å². The third kappa shape index (κ3) is 1.68. The summed E-state index contributed by atoms with van der Waals surface area (Å²) < 4.78 is 0.923. The van der Waals surface area contributed by atoms with E-state index in [1.165, 1.54) is 12.8 Å². The van der Waals surface area contributed by atoms with Gasteiger partial charge in [0, 0.05) is 24.4 Å². The molecule has 1 aliphatic rings. The molecule has 14 heavy (non-hydrogen) atoms. The zero-order valence-electron chi connectivity index (χ0n) is 8.04. The molecule has 0 atom stereocenters. The van der Waals surface area contributed by atoms with Crippen LogP contribution in [-0.4, -0.2) is 16.5 Å². The lowest BCUT2D eigenvalue weighted by atomic mass is 9.85. The SMILES string of the molecule is NCC1(c2ncc(Br)cn2)CCCC1. The minimum absolute atomic E-state index is 0.0563. The first kappa shape index (κ1) is 10.1. The van der Waals surface area contributed by atoms with Crippen molar-refractivity contribution in [2.75, 3.05) is 6.54 Å². The molecule has 2 rings (SSSR count). The van der Waals surface area contributed by atoms with E-state index in [9.17, 15) is 0 Å². The van der Waals surface area contributed by atoms with Crippen LogP contribution in [0.25, 0.3) is 0 Å². The third-order valence-corrected chi connectivity index (χ3v) is 3.46. The molecule has 0 aliphatic heterocycles. The van der Waals surface area contributed by atoms with Crippen molar-refractivity contribution in [3.63, 3.8) is 0 Å². The molecule has 2 N–H and O–H groups in total. The molecule has 0 amide bonds. The number of nitrogens with zero attached hydrogens (tertiary/aromatic N) is 2. The molecule has 1 saturated carbocycles. The Morgan fingerprint density at radius 1 is 1.29 bits per heavy atom. The van der Waals surface area contributed by atoms with E-state index in [-0.39, 0.29) is 5.41 Å². The van der Waals surface area contributed by atoms with E-state index in [1.54, 1.807) is 12.4 Å². The predicted molar refractivity (Wildman–Crippen MR) is 58.9 cm³/mol. The summed E-state index contributed by atoms with van der Waals surface area (Å²) in [6.07, 6.45) is 8.36. The third-order valence-electron chi connectivity index (χ3n) is 3.05. The number of halogens is 1. The summed E-state index contributed by atoms with van der Waals surface area (Å²) in [5.74, 6) is 0.917. The average Bonchev–Trinajstić information content (AvgIpc) is 2.68. The van der Waals surface area contributed by atoms with Crippen LogP contribution in [0.3, 0.4) is 0 Å². The molecule has 1 heterocycles. The van der Waals surface area contributed by atoms with E-state index in [2.05, 4.69) is 25.9 Å². The van der Waals surface area contributed by atoms with E-state index in [0.717, 1.165) is 23.1 Å². The summed E-state index contributed by atoms with van der Waals surface area (Å²) in [4.78, 5) is 8.73. The van der Waals surface area contributed by atoms with E-state index in [0.29, 0.717) is 6.54 Å². The maximum absolute atomic E-state index is 5.85. The number of aromatic nitrogens is 2. The van der Waals surface area contributed by atoms with Crippen LogP contribution in [0.1, 0.15) is 31.5 Å². The monoisotopic (exact) mass is 255 g/mol. The summed E-state index contributed by atoms with van der Waals surface area (Å²) in [7, 11) is 0. The summed E-state index contributed by atoms with van der Waals surface area (Å²) in [6, 6.07) is 0. The average molecular weight is 256 g/mol. The van der Waals surface area contributed by atoms with E-state index in [1.807, 2.05) is 0 Å². The highest BCUT2D eigenvalue weighted by molar-refractivity contribution is 9.10. The first-order valence-corrected chi connectivity index (χ1v) is 5.74. The van der Waals surface area contributed by atoms with Gasteiger partial charge in [-0.25, -0.2) is 9.97 Å². The summed E-state index contributed by atoms with van der Waals surface area (Å²) in [6.45, 7) is 0.661. The van der Waals surface area contributed by atoms with Crippen LogP contribution in [0.15, 0.2) is 16.9 Å². The van der Waals surface area contributed by atoms with Crippen molar-refractivity contribution in [1.29, 1.82) is 0 Å². The van der Waals surface area contributed by atoms with Crippen LogP contribution in [0.2, 0.25) is 0 Å². The van der Waals surface area contributed by atoms with Crippen molar-refractivity contribution < 1.29 is 0 Å². The van der Waals surface area contributed by atoms with Gasteiger partial charge in [-0.3, -0.25) is 0 Å². The summed E-state index contributed by atoms with van der Waals surface area (Å²) in [5, 5.41) is 0. The Balaban J connectivity index is 2.31. The smallest absolute Gasteiger partial charge is 0.135 e. The highest BCUT2D eigenvalue weighted by Crippen LogP contribution is 2.38. The van der Waals surface area contributed by atoms with Gasteiger partial charge in [0.1, 0.15) is 5.82 Å². The fraction of sp³-hybridized carbons (Fsp3) is 0.600. The quantitative estimate of drug-likeness (QED) is 0.880. The lowest BCUT2D eigenvalue weighted by molar-refractivity contribution is 0.424. The highest BCUT2D eigenvalue weighted by atomic mass is 79.9. The second kappa shape index (κ2) is 3.95. The standard InChI is InChI=1S/C10H14BrN3/c11-8-5-13-9(14-6-8)10(7-12)3-1-2-4-10/h5-6H,1-4,7,12H2. The second-order valence-electron chi connectivity index (χ2n) is 3.92. The number of hydrogen-bond acceptors (Lipinski definition) is 3. The fourth-order valence-electron chi connectivity index (χ4n) is 2.16. The van der Waals surface area contributed by atoms with E-state index >= 15 is 0 Å². The zero-order valence-corrected chi connectivity index (χ0v) is 9.63. The van der Waals surface area contributed by atoms with Crippen LogP contribution in [0.4, 0.5) is 0 Å². The van der Waals surface area contributed by atoms with Crippen LogP contribution in [0.5, 0.6) is 0 Å². The highest BCUT2D eigenvalue weighted by Gasteiger charge is 2.36. The lowest BCUT2D eigenvalue weighted by Gasteiger charge is -2.24. The molecule has 1 aliphatic carbocycles. The van der Waals surface area contributed by atoms with Gasteiger partial charge < -0.3 is 5.73 Å². The van der Waals surface area contributed by atoms with Crippen molar-refractivity contribution >= 4 is 15.9 Å². The molecular weight excluding hydrogens is 242 g/mol. The molecule has 3 nitrogen and oxygen atoms in total. The molecule has 4 heteroatoms. The molecule has 1 fully saturated rings. The maximum Gasteiger partial charge on any atom is 0.135 e. The Morgan fingerprint density at radius 2 is 1.86 bits per heavy atom. The summed E-state index contributed by atoms with van der Waals surface area (Å²) >= 11 is 3.34. The molecule has 0 unspecified atom stereocenters. The molecule has 0 saturated heterocycles. The molecule has 0 aromatic carbocycles. The van der Waals surface area contributed by atoms with Gasteiger partial charge in [0.25, 0.3) is 0 Å². The minimum Gasteiger partial charge on any atom is -0.329 e. The predicted octanol–water partition coefficient (Wildman–Crippen LogP) is 2.01. The minimum atomic E-state index is 0.0563. The molecular formula is C10H14BrN3. The van der Waals surface area contributed by atoms with Crippen LogP contribution < -0.4 is 5.73 Å². The number of rotatable bonds is 2. The van der Waals surface area contributed by atoms with Gasteiger partial charge in [-0.15, -0.1) is 0 Å². The molecule has 76 valence electrons. The normalized spacial score (nSPS) is 19.9. The Morgan fingerprint density at radius 3 is 2.36 bits per heavy atom. The molecule has 0 radical (unpaired) electrons. The first-order valence-electron chi connectivity index (χ1n) is 4.95. The van der Waals surface area contributed by atoms with Crippen molar-refractivity contribution in [3.05, 3.63) is 22.7 Å². The molecule has 1 aromatic heterocycles. The number of nitrogens with two attached hydrogens (primary N) is 1. The number of hydrogen-bond donors (Lipinski definition) is 1. The van der Waals surface area contributed by atoms with Crippen molar-refractivity contribution in [2.45, 2.75) is 31.1 Å². The van der Waals surface area contributed by atoms with Gasteiger partial charge in [-0.05, 0) is 28.8 Å². The Labute approximate surface area is 92.3 Å².